The van der Waals surface area contributed by atoms with Crippen molar-refractivity contribution in [1.82, 2.24) is 5.32 Å². The van der Waals surface area contributed by atoms with Crippen LogP contribution in [0.2, 0.25) is 10.0 Å². The van der Waals surface area contributed by atoms with E-state index < -0.39 is 28.8 Å². The quantitative estimate of drug-likeness (QED) is 0.195. The van der Waals surface area contributed by atoms with Gasteiger partial charge in [-0.15, -0.1) is 0 Å². The molecule has 46 heavy (non-hydrogen) atoms. The number of halogens is 2. The average molecular weight is 670 g/mol. The first-order valence-corrected chi connectivity index (χ1v) is 15.9. The number of hydrogen-bond donors (Lipinski definition) is 3. The van der Waals surface area contributed by atoms with E-state index in [4.69, 9.17) is 48.9 Å². The van der Waals surface area contributed by atoms with Crippen LogP contribution in [-0.4, -0.2) is 35.2 Å². The zero-order valence-electron chi connectivity index (χ0n) is 27.1. The standard InChI is InChI=1S/C35H42Cl2N4O5/c1-21-30(38)41-28-17-25(11-13-29(28)44-21)35(39,31(42)45-33(2,3)4)19-22-8-7-9-23(16-22)20-40-32(43)46-34(5,6)15-14-24-10-12-26(36)18-27(24)37/h7-13,16-18,21H,14-15,19-20,39H2,1-6H3,(H2,38,41)(H,40,43). The van der Waals surface area contributed by atoms with Crippen molar-refractivity contribution in [3.8, 4) is 5.75 Å². The molecule has 0 aliphatic carbocycles. The highest BCUT2D eigenvalue weighted by atomic mass is 35.5. The van der Waals surface area contributed by atoms with Crippen LogP contribution >= 0.6 is 23.2 Å². The van der Waals surface area contributed by atoms with E-state index in [0.717, 1.165) is 16.7 Å². The minimum Gasteiger partial charge on any atom is -0.481 e. The number of ether oxygens (including phenoxy) is 3. The second-order valence-electron chi connectivity index (χ2n) is 13.2. The number of carbonyl (C=O) groups is 2. The number of nitrogens with zero attached hydrogens (tertiary/aromatic N) is 1. The molecule has 3 aromatic carbocycles. The van der Waals surface area contributed by atoms with E-state index in [1.54, 1.807) is 51.1 Å². The van der Waals surface area contributed by atoms with Crippen LogP contribution in [0.1, 0.15) is 70.2 Å². The molecule has 0 spiro atoms. The summed E-state index contributed by atoms with van der Waals surface area (Å²) in [6, 6.07) is 18.0. The number of carbonyl (C=O) groups excluding carboxylic acids is 2. The third-order valence-corrected chi connectivity index (χ3v) is 8.09. The number of aliphatic imine (C=N–C) groups is 1. The second-order valence-corrected chi connectivity index (χ2v) is 14.0. The van der Waals surface area contributed by atoms with Crippen molar-refractivity contribution < 1.29 is 23.8 Å². The Morgan fingerprint density at radius 1 is 0.978 bits per heavy atom. The predicted molar refractivity (Wildman–Crippen MR) is 182 cm³/mol. The van der Waals surface area contributed by atoms with Crippen LogP contribution in [0.15, 0.2) is 65.7 Å². The van der Waals surface area contributed by atoms with E-state index in [-0.39, 0.29) is 19.1 Å². The fourth-order valence-electron chi connectivity index (χ4n) is 4.97. The summed E-state index contributed by atoms with van der Waals surface area (Å²) in [6.45, 7) is 11.1. The van der Waals surface area contributed by atoms with Crippen molar-refractivity contribution in [1.29, 1.82) is 0 Å². The number of nitrogens with one attached hydrogen (secondary N) is 1. The van der Waals surface area contributed by atoms with Crippen molar-refractivity contribution in [2.24, 2.45) is 16.5 Å². The van der Waals surface area contributed by atoms with Crippen molar-refractivity contribution in [3.05, 3.63) is 93.0 Å². The highest BCUT2D eigenvalue weighted by Crippen LogP contribution is 2.37. The normalized spacial score (nSPS) is 15.9. The Morgan fingerprint density at radius 3 is 2.39 bits per heavy atom. The SMILES string of the molecule is CC1Oc2ccc(C(N)(Cc3cccc(CNC(=O)OC(C)(C)CCc4ccc(Cl)cc4Cl)c3)C(=O)OC(C)(C)C)cc2N=C1N. The van der Waals surface area contributed by atoms with E-state index in [1.807, 2.05) is 51.1 Å². The maximum atomic E-state index is 13.7. The Bertz CT molecular complexity index is 1640. The number of amides is 1. The molecular formula is C35H42Cl2N4O5. The van der Waals surface area contributed by atoms with Crippen molar-refractivity contribution in [2.45, 2.75) is 90.2 Å². The predicted octanol–water partition coefficient (Wildman–Crippen LogP) is 7.14. The summed E-state index contributed by atoms with van der Waals surface area (Å²) in [5.41, 5.74) is 13.4. The molecule has 0 saturated carbocycles. The molecule has 0 saturated heterocycles. The number of hydrogen-bond acceptors (Lipinski definition) is 8. The summed E-state index contributed by atoms with van der Waals surface area (Å²) in [7, 11) is 0. The van der Waals surface area contributed by atoms with Gasteiger partial charge in [0.15, 0.2) is 6.10 Å². The third kappa shape index (κ3) is 9.15. The minimum atomic E-state index is -1.56. The van der Waals surface area contributed by atoms with Crippen LogP contribution < -0.4 is 21.5 Å². The lowest BCUT2D eigenvalue weighted by molar-refractivity contribution is -0.162. The van der Waals surface area contributed by atoms with Gasteiger partial charge in [0.05, 0.1) is 0 Å². The first-order valence-electron chi connectivity index (χ1n) is 15.1. The lowest BCUT2D eigenvalue weighted by atomic mass is 9.83. The lowest BCUT2D eigenvalue weighted by Gasteiger charge is -2.32. The number of nitrogens with two attached hydrogens (primary N) is 2. The summed E-state index contributed by atoms with van der Waals surface area (Å²) < 4.78 is 17.3. The molecule has 9 nitrogen and oxygen atoms in total. The molecule has 0 aromatic heterocycles. The van der Waals surface area contributed by atoms with Crippen LogP contribution in [-0.2, 0) is 39.2 Å². The van der Waals surface area contributed by atoms with Crippen LogP contribution in [0, 0.1) is 0 Å². The van der Waals surface area contributed by atoms with Crippen molar-refractivity contribution in [3.63, 3.8) is 0 Å². The van der Waals surface area contributed by atoms with Crippen LogP contribution in [0.3, 0.4) is 0 Å². The summed E-state index contributed by atoms with van der Waals surface area (Å²) in [6.07, 6.45) is 0.388. The highest BCUT2D eigenvalue weighted by molar-refractivity contribution is 6.35. The number of esters is 1. The van der Waals surface area contributed by atoms with Gasteiger partial charge in [0.1, 0.15) is 34.0 Å². The van der Waals surface area contributed by atoms with Crippen molar-refractivity contribution >= 4 is 46.8 Å². The first kappa shape index (κ1) is 35.1. The fraction of sp³-hybridized carbons (Fsp3) is 0.400. The van der Waals surface area contributed by atoms with Gasteiger partial charge in [0, 0.05) is 23.0 Å². The van der Waals surface area contributed by atoms with E-state index >= 15 is 0 Å². The number of aryl methyl sites for hydroxylation is 1. The molecule has 0 radical (unpaired) electrons. The zero-order chi connectivity index (χ0) is 33.9. The van der Waals surface area contributed by atoms with E-state index in [2.05, 4.69) is 10.3 Å². The molecule has 0 fully saturated rings. The third-order valence-electron chi connectivity index (χ3n) is 7.50. The van der Waals surface area contributed by atoms with E-state index in [0.29, 0.717) is 45.7 Å². The molecule has 1 amide bonds. The molecule has 11 heteroatoms. The molecule has 5 N–H and O–H groups in total. The van der Waals surface area contributed by atoms with Crippen LogP contribution in [0.25, 0.3) is 0 Å². The fourth-order valence-corrected chi connectivity index (χ4v) is 5.47. The molecule has 1 aliphatic heterocycles. The minimum absolute atomic E-state index is 0.121. The molecule has 1 aliphatic rings. The molecule has 3 aromatic rings. The Morgan fingerprint density at radius 2 is 1.70 bits per heavy atom. The van der Waals surface area contributed by atoms with Gasteiger partial charge in [-0.1, -0.05) is 59.6 Å². The van der Waals surface area contributed by atoms with E-state index in [9.17, 15) is 9.59 Å². The maximum Gasteiger partial charge on any atom is 0.407 e. The van der Waals surface area contributed by atoms with Gasteiger partial charge in [0.2, 0.25) is 0 Å². The average Bonchev–Trinajstić information content (AvgIpc) is 2.95. The second kappa shape index (κ2) is 13.9. The van der Waals surface area contributed by atoms with Gasteiger partial charge in [-0.3, -0.25) is 0 Å². The topological polar surface area (TPSA) is 138 Å². The Balaban J connectivity index is 1.46. The van der Waals surface area contributed by atoms with Crippen LogP contribution in [0.5, 0.6) is 5.75 Å². The Labute approximate surface area is 280 Å². The molecule has 2 atom stereocenters. The van der Waals surface area contributed by atoms with E-state index in [1.165, 1.54) is 0 Å². The van der Waals surface area contributed by atoms with Gasteiger partial charge >= 0.3 is 12.1 Å². The van der Waals surface area contributed by atoms with Gasteiger partial charge in [-0.2, -0.15) is 0 Å². The molecule has 246 valence electrons. The van der Waals surface area contributed by atoms with Crippen LogP contribution in [0.4, 0.5) is 10.5 Å². The smallest absolute Gasteiger partial charge is 0.407 e. The maximum absolute atomic E-state index is 13.7. The number of benzene rings is 3. The Hall–Kier alpha value is -3.79. The molecule has 2 unspecified atom stereocenters. The number of amidine groups is 1. The number of fused-ring (bicyclic) bond motifs is 1. The van der Waals surface area contributed by atoms with Gasteiger partial charge in [-0.25, -0.2) is 14.6 Å². The molecule has 1 heterocycles. The molecule has 4 rings (SSSR count). The van der Waals surface area contributed by atoms with Crippen molar-refractivity contribution in [2.75, 3.05) is 0 Å². The van der Waals surface area contributed by atoms with Gasteiger partial charge < -0.3 is 31.0 Å². The number of rotatable bonds is 10. The molecule has 0 bridgehead atoms. The van der Waals surface area contributed by atoms with Gasteiger partial charge in [-0.05, 0) is 101 Å². The first-order chi connectivity index (χ1) is 21.4. The van der Waals surface area contributed by atoms with Gasteiger partial charge in [0.25, 0.3) is 0 Å². The lowest BCUT2D eigenvalue weighted by Crippen LogP contribution is -2.50. The summed E-state index contributed by atoms with van der Waals surface area (Å²) in [5, 5.41) is 3.97. The number of alkyl carbamates (subject to hydrolysis) is 1. The summed E-state index contributed by atoms with van der Waals surface area (Å²) in [4.78, 5) is 30.9. The summed E-state index contributed by atoms with van der Waals surface area (Å²) in [5.74, 6) is 0.294. The Kier molecular flexibility index (Phi) is 10.6. The largest absolute Gasteiger partial charge is 0.481 e. The summed E-state index contributed by atoms with van der Waals surface area (Å²) >= 11 is 12.3. The highest BCUT2D eigenvalue weighted by Gasteiger charge is 2.41. The molecular weight excluding hydrogens is 627 g/mol. The zero-order valence-corrected chi connectivity index (χ0v) is 28.6. The monoisotopic (exact) mass is 668 g/mol.